The molecule has 2 nitrogen and oxygen atoms in total. The second-order valence-electron chi connectivity index (χ2n) is 4.11. The average Bonchev–Trinajstić information content (AvgIpc) is 2.28. The maximum Gasteiger partial charge on any atom is 0.168 e. The van der Waals surface area contributed by atoms with Crippen molar-refractivity contribution in [2.75, 3.05) is 7.11 Å². The Labute approximate surface area is 110 Å². The molecule has 0 saturated carbocycles. The molecule has 1 aromatic rings. The van der Waals surface area contributed by atoms with Gasteiger partial charge in [0.25, 0.3) is 0 Å². The van der Waals surface area contributed by atoms with Gasteiger partial charge in [-0.1, -0.05) is 20.3 Å². The third-order valence-corrected chi connectivity index (χ3v) is 3.58. The molecule has 1 rings (SSSR count). The second kappa shape index (κ2) is 5.83. The molecule has 17 heavy (non-hydrogen) atoms. The van der Waals surface area contributed by atoms with Gasteiger partial charge in [-0.15, -0.1) is 0 Å². The van der Waals surface area contributed by atoms with E-state index in [1.807, 2.05) is 13.8 Å². The molecule has 1 N–H and O–H groups in total. The van der Waals surface area contributed by atoms with E-state index < -0.39 is 11.4 Å². The molecule has 0 amide bonds. The highest BCUT2D eigenvalue weighted by Crippen LogP contribution is 2.36. The third kappa shape index (κ3) is 2.99. The number of halogens is 2. The van der Waals surface area contributed by atoms with E-state index in [1.165, 1.54) is 13.2 Å². The number of aliphatic hydroxyl groups is 1. The first-order valence-electron chi connectivity index (χ1n) is 5.74. The van der Waals surface area contributed by atoms with Crippen LogP contribution in [0.15, 0.2) is 16.6 Å². The zero-order chi connectivity index (χ0) is 13.1. The van der Waals surface area contributed by atoms with Crippen molar-refractivity contribution in [1.29, 1.82) is 0 Å². The van der Waals surface area contributed by atoms with Crippen molar-refractivity contribution in [2.45, 2.75) is 38.7 Å². The molecular weight excluding hydrogens is 287 g/mol. The van der Waals surface area contributed by atoms with E-state index in [2.05, 4.69) is 15.9 Å². The van der Waals surface area contributed by atoms with Crippen molar-refractivity contribution in [1.82, 2.24) is 0 Å². The molecule has 0 saturated heterocycles. The Morgan fingerprint density at radius 3 is 2.47 bits per heavy atom. The number of ether oxygens (including phenoxy) is 1. The monoisotopic (exact) mass is 304 g/mol. The largest absolute Gasteiger partial charge is 0.492 e. The highest BCUT2D eigenvalue weighted by atomic mass is 79.9. The summed E-state index contributed by atoms with van der Waals surface area (Å²) in [4.78, 5) is 0. The van der Waals surface area contributed by atoms with Crippen LogP contribution < -0.4 is 4.74 Å². The fourth-order valence-electron chi connectivity index (χ4n) is 1.96. The van der Waals surface area contributed by atoms with Gasteiger partial charge in [0, 0.05) is 0 Å². The molecule has 0 bridgehead atoms. The van der Waals surface area contributed by atoms with Crippen molar-refractivity contribution < 1.29 is 14.2 Å². The van der Waals surface area contributed by atoms with Gasteiger partial charge in [-0.25, -0.2) is 4.39 Å². The molecule has 0 spiro atoms. The molecule has 1 unspecified atom stereocenters. The van der Waals surface area contributed by atoms with Crippen LogP contribution in [0.4, 0.5) is 4.39 Å². The number of methoxy groups -OCH3 is 1. The Bertz CT molecular complexity index is 372. The molecule has 4 heteroatoms. The first-order valence-corrected chi connectivity index (χ1v) is 6.53. The van der Waals surface area contributed by atoms with Crippen LogP contribution in [-0.4, -0.2) is 12.2 Å². The standard InChI is InChI=1S/C13H18BrFO2/c1-4-6-13(16,5-2)9-7-10(14)12(17-3)11(15)8-9/h7-8,16H,4-6H2,1-3H3. The van der Waals surface area contributed by atoms with Crippen LogP contribution in [0.1, 0.15) is 38.7 Å². The molecule has 1 aromatic carbocycles. The lowest BCUT2D eigenvalue weighted by molar-refractivity contribution is 0.0222. The minimum Gasteiger partial charge on any atom is -0.492 e. The third-order valence-electron chi connectivity index (χ3n) is 2.99. The van der Waals surface area contributed by atoms with Crippen molar-refractivity contribution in [3.8, 4) is 5.75 Å². The molecule has 0 aromatic heterocycles. The van der Waals surface area contributed by atoms with Crippen LogP contribution in [0.25, 0.3) is 0 Å². The van der Waals surface area contributed by atoms with E-state index in [-0.39, 0.29) is 5.75 Å². The fraction of sp³-hybridized carbons (Fsp3) is 0.538. The van der Waals surface area contributed by atoms with Gasteiger partial charge in [-0.05, 0) is 46.5 Å². The van der Waals surface area contributed by atoms with Crippen LogP contribution in [-0.2, 0) is 5.60 Å². The SMILES string of the molecule is CCCC(O)(CC)c1cc(F)c(OC)c(Br)c1. The summed E-state index contributed by atoms with van der Waals surface area (Å²) in [7, 11) is 1.42. The van der Waals surface area contributed by atoms with Gasteiger partial charge in [-0.3, -0.25) is 0 Å². The predicted octanol–water partition coefficient (Wildman–Crippen LogP) is 3.99. The molecule has 96 valence electrons. The van der Waals surface area contributed by atoms with E-state index in [1.54, 1.807) is 6.07 Å². The number of hydrogen-bond donors (Lipinski definition) is 1. The zero-order valence-corrected chi connectivity index (χ0v) is 12.0. The minimum absolute atomic E-state index is 0.170. The van der Waals surface area contributed by atoms with Gasteiger partial charge in [-0.2, -0.15) is 0 Å². The van der Waals surface area contributed by atoms with Crippen molar-refractivity contribution in [3.05, 3.63) is 28.0 Å². The van der Waals surface area contributed by atoms with E-state index in [0.29, 0.717) is 22.9 Å². The summed E-state index contributed by atoms with van der Waals surface area (Å²) in [6, 6.07) is 3.07. The first-order chi connectivity index (χ1) is 7.98. The maximum absolute atomic E-state index is 13.8. The molecule has 0 aliphatic rings. The van der Waals surface area contributed by atoms with Crippen molar-refractivity contribution in [3.63, 3.8) is 0 Å². The Balaban J connectivity index is 3.23. The summed E-state index contributed by atoms with van der Waals surface area (Å²) < 4.78 is 19.2. The topological polar surface area (TPSA) is 29.5 Å². The Morgan fingerprint density at radius 1 is 1.41 bits per heavy atom. The number of hydrogen-bond acceptors (Lipinski definition) is 2. The summed E-state index contributed by atoms with van der Waals surface area (Å²) >= 11 is 3.25. The lowest BCUT2D eigenvalue weighted by Crippen LogP contribution is -2.24. The van der Waals surface area contributed by atoms with E-state index in [4.69, 9.17) is 4.74 Å². The van der Waals surface area contributed by atoms with Gasteiger partial charge >= 0.3 is 0 Å². The van der Waals surface area contributed by atoms with Crippen LogP contribution in [0, 0.1) is 5.82 Å². The fourth-order valence-corrected chi connectivity index (χ4v) is 2.56. The normalized spacial score (nSPS) is 14.5. The molecule has 0 heterocycles. The number of rotatable bonds is 5. The molecular formula is C13H18BrFO2. The first kappa shape index (κ1) is 14.5. The maximum atomic E-state index is 13.8. The van der Waals surface area contributed by atoms with Gasteiger partial charge < -0.3 is 9.84 Å². The van der Waals surface area contributed by atoms with Gasteiger partial charge in [0.1, 0.15) is 0 Å². The van der Waals surface area contributed by atoms with E-state index >= 15 is 0 Å². The van der Waals surface area contributed by atoms with Crippen molar-refractivity contribution >= 4 is 15.9 Å². The van der Waals surface area contributed by atoms with E-state index in [9.17, 15) is 9.50 Å². The summed E-state index contributed by atoms with van der Waals surface area (Å²) in [6.07, 6.45) is 2.01. The Hall–Kier alpha value is -0.610. The van der Waals surface area contributed by atoms with Crippen LogP contribution in [0.2, 0.25) is 0 Å². The number of benzene rings is 1. The van der Waals surface area contributed by atoms with Crippen LogP contribution in [0.5, 0.6) is 5.75 Å². The zero-order valence-electron chi connectivity index (χ0n) is 10.4. The quantitative estimate of drug-likeness (QED) is 0.891. The smallest absolute Gasteiger partial charge is 0.168 e. The van der Waals surface area contributed by atoms with Gasteiger partial charge in [0.15, 0.2) is 11.6 Å². The summed E-state index contributed by atoms with van der Waals surface area (Å²) in [5, 5.41) is 10.5. The molecule has 0 aliphatic heterocycles. The molecule has 0 aliphatic carbocycles. The van der Waals surface area contributed by atoms with Crippen LogP contribution >= 0.6 is 15.9 Å². The lowest BCUT2D eigenvalue weighted by atomic mass is 9.87. The van der Waals surface area contributed by atoms with Crippen molar-refractivity contribution in [2.24, 2.45) is 0 Å². The van der Waals surface area contributed by atoms with E-state index in [0.717, 1.165) is 6.42 Å². The predicted molar refractivity (Wildman–Crippen MR) is 69.7 cm³/mol. The molecule has 0 radical (unpaired) electrons. The summed E-state index contributed by atoms with van der Waals surface area (Å²) in [5.41, 5.74) is -0.378. The Morgan fingerprint density at radius 2 is 2.06 bits per heavy atom. The summed E-state index contributed by atoms with van der Waals surface area (Å²) in [6.45, 7) is 3.89. The summed E-state index contributed by atoms with van der Waals surface area (Å²) in [5.74, 6) is -0.288. The Kier molecular flexibility index (Phi) is 4.95. The van der Waals surface area contributed by atoms with Crippen LogP contribution in [0.3, 0.4) is 0 Å². The van der Waals surface area contributed by atoms with Gasteiger partial charge in [0.2, 0.25) is 0 Å². The molecule has 1 atom stereocenters. The highest BCUT2D eigenvalue weighted by molar-refractivity contribution is 9.10. The minimum atomic E-state index is -0.968. The average molecular weight is 305 g/mol. The lowest BCUT2D eigenvalue weighted by Gasteiger charge is -2.27. The molecule has 0 fully saturated rings. The highest BCUT2D eigenvalue weighted by Gasteiger charge is 2.28. The second-order valence-corrected chi connectivity index (χ2v) is 4.96. The van der Waals surface area contributed by atoms with Gasteiger partial charge in [0.05, 0.1) is 17.2 Å².